The molecule has 2 atom stereocenters. The van der Waals surface area contributed by atoms with E-state index in [4.69, 9.17) is 10.8 Å². The molecule has 0 aliphatic heterocycles. The van der Waals surface area contributed by atoms with E-state index in [1.54, 1.807) is 11.8 Å². The second-order valence-electron chi connectivity index (χ2n) is 3.51. The number of aliphatic hydroxyl groups excluding tert-OH is 1. The Kier molecular flexibility index (Phi) is 8.85. The molecule has 0 fully saturated rings. The molecule has 0 heterocycles. The van der Waals surface area contributed by atoms with Gasteiger partial charge in [-0.05, 0) is 31.3 Å². The standard InChI is InChI=1S/C10H22N2O2S/c1-3-8(4-6-13)12-10(14)9(11)5-7-15-2/h8-9,13H,3-7,11H2,1-2H3,(H,12,14)/t8?,9-/m0/s1. The maximum absolute atomic E-state index is 11.6. The van der Waals surface area contributed by atoms with E-state index >= 15 is 0 Å². The average Bonchev–Trinajstić information content (AvgIpc) is 2.24. The van der Waals surface area contributed by atoms with Crippen LogP contribution in [0.1, 0.15) is 26.2 Å². The molecule has 0 aromatic heterocycles. The van der Waals surface area contributed by atoms with Crippen LogP contribution in [0.2, 0.25) is 0 Å². The molecule has 1 amide bonds. The Morgan fingerprint density at radius 2 is 2.20 bits per heavy atom. The molecule has 4 N–H and O–H groups in total. The molecule has 5 heteroatoms. The zero-order valence-electron chi connectivity index (χ0n) is 9.53. The molecule has 0 saturated carbocycles. The predicted octanol–water partition coefficient (Wildman–Crippen LogP) is 0.344. The first-order chi connectivity index (χ1) is 7.15. The number of amides is 1. The fraction of sp³-hybridized carbons (Fsp3) is 0.900. The first kappa shape index (κ1) is 14.7. The predicted molar refractivity (Wildman–Crippen MR) is 64.9 cm³/mol. The first-order valence-electron chi connectivity index (χ1n) is 5.31. The van der Waals surface area contributed by atoms with Crippen LogP contribution in [0.25, 0.3) is 0 Å². The third-order valence-electron chi connectivity index (χ3n) is 2.29. The largest absolute Gasteiger partial charge is 0.396 e. The van der Waals surface area contributed by atoms with E-state index in [2.05, 4.69) is 5.32 Å². The van der Waals surface area contributed by atoms with E-state index < -0.39 is 6.04 Å². The van der Waals surface area contributed by atoms with Gasteiger partial charge in [-0.15, -0.1) is 0 Å². The van der Waals surface area contributed by atoms with E-state index in [-0.39, 0.29) is 18.6 Å². The van der Waals surface area contributed by atoms with Crippen molar-refractivity contribution in [2.24, 2.45) is 5.73 Å². The molecule has 1 unspecified atom stereocenters. The van der Waals surface area contributed by atoms with Crippen molar-refractivity contribution < 1.29 is 9.90 Å². The number of aliphatic hydroxyl groups is 1. The van der Waals surface area contributed by atoms with Crippen molar-refractivity contribution in [2.75, 3.05) is 18.6 Å². The van der Waals surface area contributed by atoms with E-state index in [1.165, 1.54) is 0 Å². The van der Waals surface area contributed by atoms with Crippen LogP contribution in [0.5, 0.6) is 0 Å². The minimum Gasteiger partial charge on any atom is -0.396 e. The quantitative estimate of drug-likeness (QED) is 0.566. The lowest BCUT2D eigenvalue weighted by Gasteiger charge is -2.18. The molecule has 0 spiro atoms. The Labute approximate surface area is 96.0 Å². The summed E-state index contributed by atoms with van der Waals surface area (Å²) >= 11 is 1.68. The second kappa shape index (κ2) is 9.00. The molecule has 0 aliphatic carbocycles. The lowest BCUT2D eigenvalue weighted by molar-refractivity contribution is -0.123. The van der Waals surface area contributed by atoms with Crippen LogP contribution >= 0.6 is 11.8 Å². The molecule has 0 aromatic carbocycles. The van der Waals surface area contributed by atoms with E-state index in [9.17, 15) is 4.79 Å². The topological polar surface area (TPSA) is 75.3 Å². The van der Waals surface area contributed by atoms with Crippen molar-refractivity contribution in [3.63, 3.8) is 0 Å². The van der Waals surface area contributed by atoms with Crippen molar-refractivity contribution in [3.8, 4) is 0 Å². The molecular weight excluding hydrogens is 212 g/mol. The number of carbonyl (C=O) groups is 1. The molecule has 0 aromatic rings. The van der Waals surface area contributed by atoms with Gasteiger partial charge < -0.3 is 16.2 Å². The SMILES string of the molecule is CCC(CCO)NC(=O)[C@@H](N)CCSC. The highest BCUT2D eigenvalue weighted by Gasteiger charge is 2.16. The average molecular weight is 234 g/mol. The third kappa shape index (κ3) is 6.76. The monoisotopic (exact) mass is 234 g/mol. The molecule has 0 saturated heterocycles. The number of thioether (sulfide) groups is 1. The number of hydrogen-bond acceptors (Lipinski definition) is 4. The van der Waals surface area contributed by atoms with Crippen molar-refractivity contribution in [1.29, 1.82) is 0 Å². The Morgan fingerprint density at radius 3 is 2.67 bits per heavy atom. The van der Waals surface area contributed by atoms with Gasteiger partial charge in [0.15, 0.2) is 0 Å². The van der Waals surface area contributed by atoms with Crippen LogP contribution in [0.15, 0.2) is 0 Å². The summed E-state index contributed by atoms with van der Waals surface area (Å²) in [5.41, 5.74) is 5.71. The summed E-state index contributed by atoms with van der Waals surface area (Å²) in [6.45, 7) is 2.08. The maximum Gasteiger partial charge on any atom is 0.237 e. The number of rotatable bonds is 8. The molecular formula is C10H22N2O2S. The van der Waals surface area contributed by atoms with E-state index in [1.807, 2.05) is 13.2 Å². The highest BCUT2D eigenvalue weighted by atomic mass is 32.2. The normalized spacial score (nSPS) is 14.7. The number of hydrogen-bond donors (Lipinski definition) is 3. The Morgan fingerprint density at radius 1 is 1.53 bits per heavy atom. The van der Waals surface area contributed by atoms with Crippen molar-refractivity contribution in [2.45, 2.75) is 38.3 Å². The van der Waals surface area contributed by atoms with Crippen LogP contribution in [0.4, 0.5) is 0 Å². The van der Waals surface area contributed by atoms with Crippen molar-refractivity contribution in [1.82, 2.24) is 5.32 Å². The van der Waals surface area contributed by atoms with Gasteiger partial charge in [-0.25, -0.2) is 0 Å². The lowest BCUT2D eigenvalue weighted by Crippen LogP contribution is -2.45. The third-order valence-corrected chi connectivity index (χ3v) is 2.93. The van der Waals surface area contributed by atoms with Gasteiger partial charge in [-0.1, -0.05) is 6.92 Å². The minimum absolute atomic E-state index is 0.0443. The number of nitrogens with two attached hydrogens (primary N) is 1. The van der Waals surface area contributed by atoms with Gasteiger partial charge in [-0.2, -0.15) is 11.8 Å². The molecule has 0 bridgehead atoms. The smallest absolute Gasteiger partial charge is 0.237 e. The van der Waals surface area contributed by atoms with Crippen molar-refractivity contribution in [3.05, 3.63) is 0 Å². The van der Waals surface area contributed by atoms with Crippen molar-refractivity contribution >= 4 is 17.7 Å². The van der Waals surface area contributed by atoms with Crippen LogP contribution in [0, 0.1) is 0 Å². The Bertz CT molecular complexity index is 179. The van der Waals surface area contributed by atoms with Gasteiger partial charge in [0.05, 0.1) is 6.04 Å². The van der Waals surface area contributed by atoms with Gasteiger partial charge in [0, 0.05) is 12.6 Å². The van der Waals surface area contributed by atoms with Crippen LogP contribution in [0.3, 0.4) is 0 Å². The van der Waals surface area contributed by atoms with Crippen LogP contribution < -0.4 is 11.1 Å². The minimum atomic E-state index is -0.426. The van der Waals surface area contributed by atoms with Gasteiger partial charge in [0.25, 0.3) is 0 Å². The number of carbonyl (C=O) groups excluding carboxylic acids is 1. The summed E-state index contributed by atoms with van der Waals surface area (Å²) in [6, 6.07) is -0.381. The van der Waals surface area contributed by atoms with Gasteiger partial charge in [0.1, 0.15) is 0 Å². The van der Waals surface area contributed by atoms with Crippen LogP contribution in [-0.4, -0.2) is 41.7 Å². The Hall–Kier alpha value is -0.260. The molecule has 90 valence electrons. The summed E-state index contributed by atoms with van der Waals surface area (Å²) in [4.78, 5) is 11.6. The summed E-state index contributed by atoms with van der Waals surface area (Å²) in [7, 11) is 0. The zero-order valence-corrected chi connectivity index (χ0v) is 10.3. The van der Waals surface area contributed by atoms with E-state index in [0.29, 0.717) is 12.8 Å². The zero-order chi connectivity index (χ0) is 11.7. The fourth-order valence-electron chi connectivity index (χ4n) is 1.22. The Balaban J connectivity index is 3.87. The molecule has 0 rings (SSSR count). The van der Waals surface area contributed by atoms with Crippen LogP contribution in [-0.2, 0) is 4.79 Å². The summed E-state index contributed by atoms with van der Waals surface area (Å²) in [6.07, 6.45) is 4.10. The van der Waals surface area contributed by atoms with E-state index in [0.717, 1.165) is 12.2 Å². The summed E-state index contributed by atoms with van der Waals surface area (Å²) < 4.78 is 0. The van der Waals surface area contributed by atoms with Gasteiger partial charge in [0.2, 0.25) is 5.91 Å². The second-order valence-corrected chi connectivity index (χ2v) is 4.50. The van der Waals surface area contributed by atoms with Gasteiger partial charge >= 0.3 is 0 Å². The molecule has 4 nitrogen and oxygen atoms in total. The maximum atomic E-state index is 11.6. The summed E-state index contributed by atoms with van der Waals surface area (Å²) in [5, 5.41) is 11.6. The number of nitrogens with one attached hydrogen (secondary N) is 1. The fourth-order valence-corrected chi connectivity index (χ4v) is 1.71. The first-order valence-corrected chi connectivity index (χ1v) is 6.70. The highest BCUT2D eigenvalue weighted by Crippen LogP contribution is 2.01. The lowest BCUT2D eigenvalue weighted by atomic mass is 10.1. The molecule has 0 radical (unpaired) electrons. The summed E-state index contributed by atoms with van der Waals surface area (Å²) in [5.74, 6) is 0.787. The highest BCUT2D eigenvalue weighted by molar-refractivity contribution is 7.98. The van der Waals surface area contributed by atoms with Gasteiger partial charge in [-0.3, -0.25) is 4.79 Å². The molecule has 0 aliphatic rings. The molecule has 15 heavy (non-hydrogen) atoms.